The Morgan fingerprint density at radius 2 is 1.84 bits per heavy atom. The largest absolute Gasteiger partial charge is 0.364 e. The van der Waals surface area contributed by atoms with Gasteiger partial charge in [-0.15, -0.1) is 11.8 Å². The third kappa shape index (κ3) is 4.56. The molecule has 1 unspecified atom stereocenters. The fraction of sp³-hybridized carbons (Fsp3) is 0.125. The van der Waals surface area contributed by atoms with Crippen molar-refractivity contribution < 1.29 is 26.7 Å². The first-order valence-corrected chi connectivity index (χ1v) is 7.88. The van der Waals surface area contributed by atoms with E-state index in [1.165, 1.54) is 12.1 Å². The van der Waals surface area contributed by atoms with Crippen LogP contribution in [0.25, 0.3) is 0 Å². The molecular weight excluding hydrogens is 363 g/mol. The summed E-state index contributed by atoms with van der Waals surface area (Å²) in [4.78, 5) is 14.8. The molecule has 1 aromatic carbocycles. The van der Waals surface area contributed by atoms with Crippen molar-refractivity contribution in [3.8, 4) is 0 Å². The van der Waals surface area contributed by atoms with E-state index in [9.17, 15) is 26.7 Å². The molecule has 0 aliphatic heterocycles. The normalized spacial score (nSPS) is 11.9. The molecule has 2 N–H and O–H groups in total. The van der Waals surface area contributed by atoms with Crippen LogP contribution in [0.5, 0.6) is 0 Å². The minimum absolute atomic E-state index is 0.0811. The minimum atomic E-state index is -1.95. The molecule has 0 saturated heterocycles. The summed E-state index contributed by atoms with van der Waals surface area (Å²) >= 11 is 0.748. The first kappa shape index (κ1) is 18.9. The van der Waals surface area contributed by atoms with Crippen molar-refractivity contribution in [2.75, 3.05) is 5.75 Å². The number of nitrogens with two attached hydrogens (primary N) is 1. The summed E-state index contributed by atoms with van der Waals surface area (Å²) in [7, 11) is 0. The summed E-state index contributed by atoms with van der Waals surface area (Å²) in [5, 5.41) is -1.15. The average molecular weight is 374 g/mol. The number of halogens is 5. The van der Waals surface area contributed by atoms with Crippen LogP contribution in [0.15, 0.2) is 42.6 Å². The van der Waals surface area contributed by atoms with Crippen molar-refractivity contribution in [1.82, 2.24) is 4.98 Å². The zero-order chi connectivity index (χ0) is 18.6. The smallest absolute Gasteiger partial charge is 0.267 e. The number of carbonyl (C=O) groups is 1. The molecule has 0 radical (unpaired) electrons. The number of aromatic nitrogens is 1. The minimum Gasteiger partial charge on any atom is -0.364 e. The summed E-state index contributed by atoms with van der Waals surface area (Å²) in [5.41, 5.74) is 4.57. The van der Waals surface area contributed by atoms with Gasteiger partial charge in [-0.05, 0) is 29.8 Å². The number of hydrogen-bond donors (Lipinski definition) is 1. The number of hydrogen-bond acceptors (Lipinski definition) is 3. The van der Waals surface area contributed by atoms with Crippen molar-refractivity contribution >= 4 is 17.7 Å². The lowest BCUT2D eigenvalue weighted by Gasteiger charge is -2.18. The van der Waals surface area contributed by atoms with Crippen LogP contribution in [0, 0.1) is 17.5 Å². The molecule has 3 nitrogen and oxygen atoms in total. The Balaban J connectivity index is 2.48. The van der Waals surface area contributed by atoms with Crippen LogP contribution < -0.4 is 5.73 Å². The van der Waals surface area contributed by atoms with Gasteiger partial charge in [0.05, 0.1) is 5.25 Å². The van der Waals surface area contributed by atoms with E-state index in [1.807, 2.05) is 0 Å². The summed E-state index contributed by atoms with van der Waals surface area (Å²) in [6, 6.07) is 3.93. The summed E-state index contributed by atoms with van der Waals surface area (Å²) in [6.45, 7) is 0. The summed E-state index contributed by atoms with van der Waals surface area (Å²) < 4.78 is 66.1. The predicted molar refractivity (Wildman–Crippen MR) is 83.7 cm³/mol. The highest BCUT2D eigenvalue weighted by Gasteiger charge is 2.25. The molecule has 0 bridgehead atoms. The Kier molecular flexibility index (Phi) is 6.13. The van der Waals surface area contributed by atoms with Crippen LogP contribution >= 0.6 is 11.8 Å². The lowest BCUT2D eigenvalue weighted by atomic mass is 10.0. The van der Waals surface area contributed by atoms with Crippen LogP contribution in [0.2, 0.25) is 0 Å². The number of nitrogens with zero attached hydrogens (tertiary/aromatic N) is 1. The van der Waals surface area contributed by atoms with Gasteiger partial charge in [-0.3, -0.25) is 9.78 Å². The van der Waals surface area contributed by atoms with Crippen molar-refractivity contribution in [1.29, 1.82) is 0 Å². The standard InChI is InChI=1S/C16H11F5N2OS/c17-9-2-3-10(18)14(21)13(9)15(25-6-5-12(19)20)8-1-4-11(16(22)24)23-7-8/h1-5,7,15H,6H2,(H2,22,24). The molecule has 0 aliphatic carbocycles. The zero-order valence-electron chi connectivity index (χ0n) is 12.5. The molecule has 1 amide bonds. The van der Waals surface area contributed by atoms with Gasteiger partial charge in [-0.2, -0.15) is 8.78 Å². The maximum atomic E-state index is 14.1. The van der Waals surface area contributed by atoms with Crippen molar-refractivity contribution in [3.63, 3.8) is 0 Å². The Hall–Kier alpha value is -2.42. The second-order valence-corrected chi connectivity index (χ2v) is 5.94. The van der Waals surface area contributed by atoms with Gasteiger partial charge in [-0.1, -0.05) is 6.07 Å². The van der Waals surface area contributed by atoms with E-state index in [0.717, 1.165) is 24.0 Å². The van der Waals surface area contributed by atoms with Gasteiger partial charge >= 0.3 is 0 Å². The molecule has 2 aromatic rings. The van der Waals surface area contributed by atoms with Crippen molar-refractivity contribution in [2.24, 2.45) is 5.73 Å². The lowest BCUT2D eigenvalue weighted by Crippen LogP contribution is -2.13. The average Bonchev–Trinajstić information content (AvgIpc) is 2.57. The van der Waals surface area contributed by atoms with Crippen LogP contribution in [0.4, 0.5) is 22.0 Å². The third-order valence-electron chi connectivity index (χ3n) is 3.18. The van der Waals surface area contributed by atoms with Gasteiger partial charge in [0.1, 0.15) is 11.5 Å². The highest BCUT2D eigenvalue weighted by atomic mass is 32.2. The number of benzene rings is 1. The fourth-order valence-electron chi connectivity index (χ4n) is 2.04. The van der Waals surface area contributed by atoms with E-state index < -0.39 is 40.3 Å². The quantitative estimate of drug-likeness (QED) is 0.609. The van der Waals surface area contributed by atoms with Gasteiger partial charge in [-0.25, -0.2) is 13.2 Å². The third-order valence-corrected chi connectivity index (χ3v) is 4.38. The Morgan fingerprint density at radius 3 is 2.40 bits per heavy atom. The maximum Gasteiger partial charge on any atom is 0.267 e. The predicted octanol–water partition coefficient (Wildman–Crippen LogP) is 4.20. The number of pyridine rings is 1. The van der Waals surface area contributed by atoms with Gasteiger partial charge < -0.3 is 5.73 Å². The van der Waals surface area contributed by atoms with E-state index in [1.54, 1.807) is 0 Å². The van der Waals surface area contributed by atoms with E-state index >= 15 is 0 Å². The number of carbonyl (C=O) groups excluding carboxylic acids is 1. The Labute approximate surface area is 143 Å². The molecule has 1 heterocycles. The second kappa shape index (κ2) is 8.11. The number of thioether (sulfide) groups is 1. The maximum absolute atomic E-state index is 14.1. The van der Waals surface area contributed by atoms with Gasteiger partial charge in [0.25, 0.3) is 12.0 Å². The van der Waals surface area contributed by atoms with Crippen LogP contribution in [-0.4, -0.2) is 16.6 Å². The fourth-order valence-corrected chi connectivity index (χ4v) is 3.17. The monoisotopic (exact) mass is 374 g/mol. The number of primary amides is 1. The lowest BCUT2D eigenvalue weighted by molar-refractivity contribution is 0.0995. The number of amides is 1. The first-order chi connectivity index (χ1) is 11.8. The molecule has 0 aliphatic rings. The van der Waals surface area contributed by atoms with Gasteiger partial charge in [0, 0.05) is 17.5 Å². The molecule has 25 heavy (non-hydrogen) atoms. The molecular formula is C16H11F5N2OS. The zero-order valence-corrected chi connectivity index (χ0v) is 13.3. The first-order valence-electron chi connectivity index (χ1n) is 6.83. The molecule has 0 fully saturated rings. The Morgan fingerprint density at radius 1 is 1.16 bits per heavy atom. The molecule has 1 atom stereocenters. The molecule has 0 spiro atoms. The van der Waals surface area contributed by atoms with E-state index in [0.29, 0.717) is 12.1 Å². The Bertz CT molecular complexity index is 807. The molecule has 132 valence electrons. The topological polar surface area (TPSA) is 56.0 Å². The highest BCUT2D eigenvalue weighted by Crippen LogP contribution is 2.39. The van der Waals surface area contributed by atoms with Gasteiger partial charge in [0.2, 0.25) is 0 Å². The van der Waals surface area contributed by atoms with Crippen LogP contribution in [-0.2, 0) is 0 Å². The molecule has 0 saturated carbocycles. The molecule has 1 aromatic heterocycles. The van der Waals surface area contributed by atoms with Crippen molar-refractivity contribution in [3.05, 3.63) is 76.9 Å². The van der Waals surface area contributed by atoms with Crippen LogP contribution in [0.1, 0.15) is 26.9 Å². The van der Waals surface area contributed by atoms with Crippen LogP contribution in [0.3, 0.4) is 0 Å². The molecule has 9 heteroatoms. The van der Waals surface area contributed by atoms with E-state index in [2.05, 4.69) is 4.98 Å². The summed E-state index contributed by atoms with van der Waals surface area (Å²) in [6.07, 6.45) is -0.247. The number of rotatable bonds is 6. The second-order valence-electron chi connectivity index (χ2n) is 4.81. The van der Waals surface area contributed by atoms with Crippen molar-refractivity contribution in [2.45, 2.75) is 5.25 Å². The molecule has 2 rings (SSSR count). The highest BCUT2D eigenvalue weighted by molar-refractivity contribution is 7.99. The van der Waals surface area contributed by atoms with Gasteiger partial charge in [0.15, 0.2) is 11.6 Å². The van der Waals surface area contributed by atoms with E-state index in [-0.39, 0.29) is 17.0 Å². The van der Waals surface area contributed by atoms with E-state index in [4.69, 9.17) is 5.73 Å². The summed E-state index contributed by atoms with van der Waals surface area (Å²) in [5.74, 6) is -4.79. The SMILES string of the molecule is NC(=O)c1ccc(C(SCC=C(F)F)c2c(F)ccc(F)c2F)cn1.